The van der Waals surface area contributed by atoms with E-state index in [9.17, 15) is 0 Å². The van der Waals surface area contributed by atoms with Crippen LogP contribution in [0.2, 0.25) is 0 Å². The molecule has 0 aromatic carbocycles. The highest BCUT2D eigenvalue weighted by Crippen LogP contribution is 2.26. The molecule has 0 aliphatic carbocycles. The Bertz CT molecular complexity index is 515. The lowest BCUT2D eigenvalue weighted by atomic mass is 10.1. The zero-order chi connectivity index (χ0) is 13.1. The van der Waals surface area contributed by atoms with Crippen molar-refractivity contribution in [2.24, 2.45) is 12.9 Å². The number of aryl methyl sites for hydroxylation is 3. The minimum Gasteiger partial charge on any atom is -0.272 e. The molecule has 0 saturated heterocycles. The van der Waals surface area contributed by atoms with E-state index in [1.54, 1.807) is 11.3 Å². The lowest BCUT2D eigenvalue weighted by Gasteiger charge is -2.15. The number of rotatable bonds is 5. The Labute approximate surface area is 112 Å². The van der Waals surface area contributed by atoms with Gasteiger partial charge in [0.05, 0.1) is 11.7 Å². The minimum atomic E-state index is 0.158. The Morgan fingerprint density at radius 2 is 2.33 bits per heavy atom. The van der Waals surface area contributed by atoms with Crippen LogP contribution in [0, 0.1) is 6.92 Å². The molecule has 2 heterocycles. The lowest BCUT2D eigenvalue weighted by molar-refractivity contribution is 0.535. The summed E-state index contributed by atoms with van der Waals surface area (Å²) in [7, 11) is 1.99. The van der Waals surface area contributed by atoms with Crippen molar-refractivity contribution >= 4 is 11.3 Å². The van der Waals surface area contributed by atoms with Crippen LogP contribution >= 0.6 is 11.3 Å². The van der Waals surface area contributed by atoms with Crippen LogP contribution in [0.25, 0.3) is 0 Å². The number of aromatic nitrogens is 2. The average molecular weight is 264 g/mol. The second kappa shape index (κ2) is 5.65. The zero-order valence-electron chi connectivity index (χ0n) is 11.1. The van der Waals surface area contributed by atoms with Crippen molar-refractivity contribution in [1.29, 1.82) is 0 Å². The molecule has 0 fully saturated rings. The second-order valence-corrected chi connectivity index (χ2v) is 5.44. The first kappa shape index (κ1) is 13.3. The fraction of sp³-hybridized carbons (Fsp3) is 0.462. The maximum absolute atomic E-state index is 5.70. The van der Waals surface area contributed by atoms with E-state index < -0.39 is 0 Å². The number of thiophene rings is 1. The predicted molar refractivity (Wildman–Crippen MR) is 75.4 cm³/mol. The van der Waals surface area contributed by atoms with E-state index in [0.29, 0.717) is 0 Å². The van der Waals surface area contributed by atoms with Crippen LogP contribution in [0.3, 0.4) is 0 Å². The first-order chi connectivity index (χ1) is 8.65. The molecule has 1 atom stereocenters. The molecule has 2 aromatic heterocycles. The molecule has 1 unspecified atom stereocenters. The third-order valence-electron chi connectivity index (χ3n) is 3.22. The lowest BCUT2D eigenvalue weighted by Crippen LogP contribution is -2.29. The largest absolute Gasteiger partial charge is 0.272 e. The molecule has 0 bridgehead atoms. The molecule has 4 nitrogen and oxygen atoms in total. The van der Waals surface area contributed by atoms with Crippen LogP contribution in [0.1, 0.15) is 34.8 Å². The molecule has 0 aliphatic heterocycles. The molecule has 0 radical (unpaired) electrons. The molecule has 0 saturated carbocycles. The standard InChI is InChI=1S/C13H20N4S/c1-4-10-7-11(17(3)16-10)8-12(15-14)13-9(2)5-6-18-13/h5-7,12,15H,4,8,14H2,1-3H3. The average Bonchev–Trinajstić information content (AvgIpc) is 2.93. The van der Waals surface area contributed by atoms with Crippen LogP contribution < -0.4 is 11.3 Å². The monoisotopic (exact) mass is 264 g/mol. The van der Waals surface area contributed by atoms with Gasteiger partial charge in [-0.3, -0.25) is 16.0 Å². The summed E-state index contributed by atoms with van der Waals surface area (Å²) >= 11 is 1.75. The van der Waals surface area contributed by atoms with Crippen molar-refractivity contribution in [1.82, 2.24) is 15.2 Å². The Kier molecular flexibility index (Phi) is 4.16. The summed E-state index contributed by atoms with van der Waals surface area (Å²) in [5.74, 6) is 5.70. The fourth-order valence-corrected chi connectivity index (χ4v) is 3.10. The van der Waals surface area contributed by atoms with Gasteiger partial charge < -0.3 is 0 Å². The van der Waals surface area contributed by atoms with Gasteiger partial charge in [0.1, 0.15) is 0 Å². The molecule has 2 rings (SSSR count). The van der Waals surface area contributed by atoms with Gasteiger partial charge >= 0.3 is 0 Å². The maximum atomic E-state index is 5.70. The molecular weight excluding hydrogens is 244 g/mol. The van der Waals surface area contributed by atoms with E-state index in [0.717, 1.165) is 18.5 Å². The Balaban J connectivity index is 2.20. The Morgan fingerprint density at radius 1 is 1.56 bits per heavy atom. The highest BCUT2D eigenvalue weighted by molar-refractivity contribution is 7.10. The molecule has 5 heteroatoms. The van der Waals surface area contributed by atoms with Crippen molar-refractivity contribution < 1.29 is 0 Å². The molecule has 2 aromatic rings. The van der Waals surface area contributed by atoms with E-state index in [2.05, 4.69) is 41.9 Å². The van der Waals surface area contributed by atoms with Gasteiger partial charge in [-0.15, -0.1) is 11.3 Å². The summed E-state index contributed by atoms with van der Waals surface area (Å²) in [6.07, 6.45) is 1.83. The summed E-state index contributed by atoms with van der Waals surface area (Å²) < 4.78 is 1.95. The molecule has 18 heavy (non-hydrogen) atoms. The highest BCUT2D eigenvalue weighted by atomic mass is 32.1. The third-order valence-corrected chi connectivity index (χ3v) is 4.35. The molecule has 3 N–H and O–H groups in total. The number of nitrogens with zero attached hydrogens (tertiary/aromatic N) is 2. The summed E-state index contributed by atoms with van der Waals surface area (Å²) in [6.45, 7) is 4.24. The van der Waals surface area contributed by atoms with Crippen molar-refractivity contribution in [3.05, 3.63) is 39.3 Å². The van der Waals surface area contributed by atoms with Crippen LogP contribution in [0.15, 0.2) is 17.5 Å². The zero-order valence-corrected chi connectivity index (χ0v) is 11.9. The number of nitrogens with one attached hydrogen (secondary N) is 1. The van der Waals surface area contributed by atoms with E-state index in [4.69, 9.17) is 5.84 Å². The molecule has 0 amide bonds. The van der Waals surface area contributed by atoms with Gasteiger partial charge in [0.15, 0.2) is 0 Å². The first-order valence-corrected chi connectivity index (χ1v) is 7.05. The fourth-order valence-electron chi connectivity index (χ4n) is 2.11. The van der Waals surface area contributed by atoms with Crippen molar-refractivity contribution in [3.8, 4) is 0 Å². The second-order valence-electron chi connectivity index (χ2n) is 4.50. The maximum Gasteiger partial charge on any atom is 0.0624 e. The third kappa shape index (κ3) is 2.63. The van der Waals surface area contributed by atoms with E-state index >= 15 is 0 Å². The van der Waals surface area contributed by atoms with Crippen LogP contribution in [-0.4, -0.2) is 9.78 Å². The smallest absolute Gasteiger partial charge is 0.0624 e. The van der Waals surface area contributed by atoms with Gasteiger partial charge in [-0.25, -0.2) is 0 Å². The van der Waals surface area contributed by atoms with E-state index in [-0.39, 0.29) is 6.04 Å². The topological polar surface area (TPSA) is 55.9 Å². The first-order valence-electron chi connectivity index (χ1n) is 6.17. The van der Waals surface area contributed by atoms with E-state index in [1.807, 2.05) is 11.7 Å². The summed E-state index contributed by atoms with van der Waals surface area (Å²) in [6, 6.07) is 4.45. The Morgan fingerprint density at radius 3 is 2.83 bits per heavy atom. The molecule has 98 valence electrons. The number of nitrogens with two attached hydrogens (primary N) is 1. The SMILES string of the molecule is CCc1cc(CC(NN)c2sccc2C)n(C)n1. The summed E-state index contributed by atoms with van der Waals surface area (Å²) in [4.78, 5) is 1.30. The van der Waals surface area contributed by atoms with Crippen molar-refractivity contribution in [3.63, 3.8) is 0 Å². The molecular formula is C13H20N4S. The normalized spacial score (nSPS) is 12.9. The van der Waals surface area contributed by atoms with Gasteiger partial charge in [-0.2, -0.15) is 5.10 Å². The quantitative estimate of drug-likeness (QED) is 0.642. The molecule has 0 spiro atoms. The summed E-state index contributed by atoms with van der Waals surface area (Å²) in [5, 5.41) is 6.58. The predicted octanol–water partition coefficient (Wildman–Crippen LogP) is 2.10. The van der Waals surface area contributed by atoms with E-state index in [1.165, 1.54) is 16.1 Å². The molecule has 0 aliphatic rings. The number of hydrogen-bond donors (Lipinski definition) is 2. The van der Waals surface area contributed by atoms with Gasteiger partial charge in [0.25, 0.3) is 0 Å². The van der Waals surface area contributed by atoms with Gasteiger partial charge in [0, 0.05) is 24.0 Å². The Hall–Kier alpha value is -1.17. The van der Waals surface area contributed by atoms with Crippen molar-refractivity contribution in [2.45, 2.75) is 32.7 Å². The minimum absolute atomic E-state index is 0.158. The number of hydrogen-bond acceptors (Lipinski definition) is 4. The highest BCUT2D eigenvalue weighted by Gasteiger charge is 2.16. The van der Waals surface area contributed by atoms with Gasteiger partial charge in [-0.05, 0) is 36.4 Å². The van der Waals surface area contributed by atoms with Crippen LogP contribution in [0.4, 0.5) is 0 Å². The number of hydrazine groups is 1. The van der Waals surface area contributed by atoms with Crippen LogP contribution in [0.5, 0.6) is 0 Å². The van der Waals surface area contributed by atoms with Gasteiger partial charge in [-0.1, -0.05) is 6.92 Å². The van der Waals surface area contributed by atoms with Crippen LogP contribution in [-0.2, 0) is 19.9 Å². The summed E-state index contributed by atoms with van der Waals surface area (Å²) in [5.41, 5.74) is 6.55. The van der Waals surface area contributed by atoms with Gasteiger partial charge in [0.2, 0.25) is 0 Å². The van der Waals surface area contributed by atoms with Crippen molar-refractivity contribution in [2.75, 3.05) is 0 Å².